The molecule has 16 heavy (non-hydrogen) atoms. The minimum Gasteiger partial charge on any atom is -0.461 e. The Morgan fingerprint density at radius 2 is 2.19 bits per heavy atom. The zero-order chi connectivity index (χ0) is 12.2. The highest BCUT2D eigenvalue weighted by molar-refractivity contribution is 5.69. The molecule has 0 N–H and O–H groups in total. The van der Waals surface area contributed by atoms with Crippen LogP contribution >= 0.6 is 0 Å². The molecule has 0 aliphatic heterocycles. The van der Waals surface area contributed by atoms with Crippen molar-refractivity contribution in [2.75, 3.05) is 6.61 Å². The maximum absolute atomic E-state index is 11.2. The van der Waals surface area contributed by atoms with Gasteiger partial charge in [-0.25, -0.2) is 0 Å². The summed E-state index contributed by atoms with van der Waals surface area (Å²) in [4.78, 5) is 11.2. The molecule has 0 amide bonds. The summed E-state index contributed by atoms with van der Waals surface area (Å²) in [5.74, 6) is 0.115. The number of carbonyl (C=O) groups excluding carboxylic acids is 1. The molecular formula is C14H24O2. The van der Waals surface area contributed by atoms with Crippen LogP contribution < -0.4 is 0 Å². The number of carbonyl (C=O) groups is 1. The highest BCUT2D eigenvalue weighted by Gasteiger charge is 2.06. The lowest BCUT2D eigenvalue weighted by Crippen LogP contribution is -2.08. The Morgan fingerprint density at radius 3 is 2.81 bits per heavy atom. The maximum Gasteiger partial charge on any atom is 0.306 e. The van der Waals surface area contributed by atoms with Crippen LogP contribution in [0.3, 0.4) is 0 Å². The largest absolute Gasteiger partial charge is 0.461 e. The summed E-state index contributed by atoms with van der Waals surface area (Å²) in [6, 6.07) is 0. The van der Waals surface area contributed by atoms with E-state index in [1.807, 2.05) is 6.92 Å². The van der Waals surface area contributed by atoms with Crippen LogP contribution in [0, 0.1) is 5.92 Å². The number of hydrogen-bond donors (Lipinski definition) is 0. The van der Waals surface area contributed by atoms with Gasteiger partial charge >= 0.3 is 5.97 Å². The van der Waals surface area contributed by atoms with Gasteiger partial charge in [0.2, 0.25) is 0 Å². The Morgan fingerprint density at radius 1 is 1.44 bits per heavy atom. The van der Waals surface area contributed by atoms with E-state index in [2.05, 4.69) is 25.7 Å². The molecule has 0 saturated carbocycles. The second kappa shape index (κ2) is 10.5. The van der Waals surface area contributed by atoms with E-state index in [9.17, 15) is 4.79 Å². The molecule has 0 aromatic heterocycles. The van der Waals surface area contributed by atoms with Crippen LogP contribution in [0.2, 0.25) is 0 Å². The molecule has 0 bridgehead atoms. The van der Waals surface area contributed by atoms with E-state index in [1.165, 1.54) is 19.3 Å². The Hall–Kier alpha value is -1.05. The summed E-state index contributed by atoms with van der Waals surface area (Å²) in [5, 5.41) is 0. The number of rotatable bonds is 9. The average molecular weight is 224 g/mol. The molecule has 1 atom stereocenters. The van der Waals surface area contributed by atoms with Crippen molar-refractivity contribution in [3.63, 3.8) is 0 Å². The quantitative estimate of drug-likeness (QED) is 0.337. The van der Waals surface area contributed by atoms with E-state index >= 15 is 0 Å². The number of unbranched alkanes of at least 4 members (excludes halogenated alkanes) is 3. The van der Waals surface area contributed by atoms with E-state index in [1.54, 1.807) is 6.08 Å². The van der Waals surface area contributed by atoms with Crippen LogP contribution in [-0.2, 0) is 9.53 Å². The summed E-state index contributed by atoms with van der Waals surface area (Å²) in [7, 11) is 0. The van der Waals surface area contributed by atoms with Gasteiger partial charge in [-0.1, -0.05) is 51.5 Å². The van der Waals surface area contributed by atoms with Crippen molar-refractivity contribution in [2.24, 2.45) is 5.92 Å². The van der Waals surface area contributed by atoms with Crippen molar-refractivity contribution >= 4 is 5.97 Å². The van der Waals surface area contributed by atoms with Crippen LogP contribution in [-0.4, -0.2) is 12.6 Å². The predicted molar refractivity (Wildman–Crippen MR) is 68.2 cm³/mol. The van der Waals surface area contributed by atoms with Crippen LogP contribution in [0.5, 0.6) is 0 Å². The first kappa shape index (κ1) is 14.9. The average Bonchev–Trinajstić information content (AvgIpc) is 2.26. The lowest BCUT2D eigenvalue weighted by Gasteiger charge is -2.05. The minimum absolute atomic E-state index is 0.148. The van der Waals surface area contributed by atoms with Crippen molar-refractivity contribution < 1.29 is 9.53 Å². The number of hydrogen-bond acceptors (Lipinski definition) is 2. The van der Waals surface area contributed by atoms with Gasteiger partial charge in [0.05, 0.1) is 6.42 Å². The second-order valence-corrected chi connectivity index (χ2v) is 4.08. The number of allylic oxidation sites excluding steroid dienone is 2. The van der Waals surface area contributed by atoms with Gasteiger partial charge in [0.15, 0.2) is 0 Å². The Balaban J connectivity index is 3.59. The summed E-state index contributed by atoms with van der Waals surface area (Å²) in [6.07, 6.45) is 11.2. The molecule has 0 aromatic rings. The van der Waals surface area contributed by atoms with Gasteiger partial charge in [-0.15, -0.1) is 0 Å². The topological polar surface area (TPSA) is 26.3 Å². The van der Waals surface area contributed by atoms with E-state index in [0.29, 0.717) is 13.0 Å². The van der Waals surface area contributed by atoms with Crippen LogP contribution in [0.25, 0.3) is 0 Å². The minimum atomic E-state index is -0.148. The van der Waals surface area contributed by atoms with Crippen molar-refractivity contribution in [3.05, 3.63) is 24.8 Å². The van der Waals surface area contributed by atoms with Gasteiger partial charge in [-0.05, 0) is 18.8 Å². The zero-order valence-electron chi connectivity index (χ0n) is 10.6. The molecule has 0 aliphatic carbocycles. The molecule has 2 heteroatoms. The fraction of sp³-hybridized carbons (Fsp3) is 0.643. The monoisotopic (exact) mass is 224 g/mol. The molecule has 0 rings (SSSR count). The Bertz CT molecular complexity index is 219. The molecule has 0 aliphatic rings. The van der Waals surface area contributed by atoms with Gasteiger partial charge < -0.3 is 4.74 Å². The molecular weight excluding hydrogens is 200 g/mol. The van der Waals surface area contributed by atoms with Gasteiger partial charge in [-0.3, -0.25) is 4.79 Å². The highest BCUT2D eigenvalue weighted by atomic mass is 16.5. The van der Waals surface area contributed by atoms with E-state index in [0.717, 1.165) is 6.42 Å². The molecule has 0 saturated heterocycles. The van der Waals surface area contributed by atoms with Gasteiger partial charge in [0, 0.05) is 0 Å². The fourth-order valence-electron chi connectivity index (χ4n) is 1.38. The third-order valence-electron chi connectivity index (χ3n) is 2.29. The smallest absolute Gasteiger partial charge is 0.306 e. The molecule has 0 radical (unpaired) electrons. The molecule has 2 nitrogen and oxygen atoms in total. The Kier molecular flexibility index (Phi) is 9.78. The lowest BCUT2D eigenvalue weighted by atomic mass is 10.1. The molecule has 1 unspecified atom stereocenters. The first-order chi connectivity index (χ1) is 7.70. The lowest BCUT2D eigenvalue weighted by molar-refractivity contribution is -0.143. The summed E-state index contributed by atoms with van der Waals surface area (Å²) in [6.45, 7) is 8.04. The Labute approximate surface area is 99.4 Å². The summed E-state index contributed by atoms with van der Waals surface area (Å²) < 4.78 is 4.92. The fourth-order valence-corrected chi connectivity index (χ4v) is 1.38. The molecule has 92 valence electrons. The standard InChI is InChI=1S/C14H24O2/c1-4-6-7-8-9-10-13(3)12-14(15)16-11-5-2/h5,9-10,13H,2,4,6-8,11-12H2,1,3H3/b10-9+. The van der Waals surface area contributed by atoms with Crippen molar-refractivity contribution in [3.8, 4) is 0 Å². The summed E-state index contributed by atoms with van der Waals surface area (Å²) in [5.41, 5.74) is 0. The number of ether oxygens (including phenoxy) is 1. The summed E-state index contributed by atoms with van der Waals surface area (Å²) >= 11 is 0. The highest BCUT2D eigenvalue weighted by Crippen LogP contribution is 2.07. The van der Waals surface area contributed by atoms with E-state index < -0.39 is 0 Å². The first-order valence-corrected chi connectivity index (χ1v) is 6.13. The third-order valence-corrected chi connectivity index (χ3v) is 2.29. The molecule has 0 spiro atoms. The van der Waals surface area contributed by atoms with Crippen LogP contribution in [0.4, 0.5) is 0 Å². The van der Waals surface area contributed by atoms with Gasteiger partial charge in [-0.2, -0.15) is 0 Å². The predicted octanol–water partition coefficient (Wildman–Crippen LogP) is 3.88. The molecule has 0 aromatic carbocycles. The van der Waals surface area contributed by atoms with Crippen molar-refractivity contribution in [1.82, 2.24) is 0 Å². The van der Waals surface area contributed by atoms with Gasteiger partial charge in [0.25, 0.3) is 0 Å². The van der Waals surface area contributed by atoms with Crippen LogP contribution in [0.15, 0.2) is 24.8 Å². The number of esters is 1. The second-order valence-electron chi connectivity index (χ2n) is 4.08. The third kappa shape index (κ3) is 9.50. The van der Waals surface area contributed by atoms with Crippen LogP contribution in [0.1, 0.15) is 46.0 Å². The SMILES string of the molecule is C=CCOC(=O)CC(C)/C=C/CCCCC. The molecule has 0 fully saturated rings. The van der Waals surface area contributed by atoms with Crippen molar-refractivity contribution in [1.29, 1.82) is 0 Å². The first-order valence-electron chi connectivity index (χ1n) is 6.13. The maximum atomic E-state index is 11.2. The van der Waals surface area contributed by atoms with E-state index in [-0.39, 0.29) is 11.9 Å². The normalized spacial score (nSPS) is 12.6. The van der Waals surface area contributed by atoms with Crippen molar-refractivity contribution in [2.45, 2.75) is 46.0 Å². The molecule has 0 heterocycles. The van der Waals surface area contributed by atoms with Gasteiger partial charge in [0.1, 0.15) is 6.61 Å². The van der Waals surface area contributed by atoms with E-state index in [4.69, 9.17) is 4.74 Å². The zero-order valence-corrected chi connectivity index (χ0v) is 10.6.